The van der Waals surface area contributed by atoms with Gasteiger partial charge < -0.3 is 0 Å². The lowest BCUT2D eigenvalue weighted by atomic mass is 9.64. The third-order valence-electron chi connectivity index (χ3n) is 6.52. The number of hydrogen-bond donors (Lipinski definition) is 0. The maximum atomic E-state index is 13.5. The number of sulfone groups is 1. The van der Waals surface area contributed by atoms with Crippen LogP contribution in [-0.2, 0) is 9.84 Å². The number of fused-ring (bicyclic) bond motifs is 5. The second-order valence-corrected chi connectivity index (χ2v) is 9.76. The molecule has 2 saturated carbocycles. The van der Waals surface area contributed by atoms with Crippen LogP contribution < -0.4 is 0 Å². The maximum Gasteiger partial charge on any atom is 0.203 e. The van der Waals surface area contributed by atoms with Crippen molar-refractivity contribution >= 4 is 15.4 Å². The molecule has 0 N–H and O–H groups in total. The van der Waals surface area contributed by atoms with Crippen molar-refractivity contribution < 1.29 is 8.42 Å². The molecule has 25 heavy (non-hydrogen) atoms. The van der Waals surface area contributed by atoms with Crippen LogP contribution in [0.1, 0.15) is 30.4 Å². The fourth-order valence-corrected chi connectivity index (χ4v) is 7.44. The summed E-state index contributed by atoms with van der Waals surface area (Å²) in [5.74, 6) is 1.96. The molecule has 0 spiro atoms. The Kier molecular flexibility index (Phi) is 3.27. The van der Waals surface area contributed by atoms with Gasteiger partial charge in [-0.25, -0.2) is 8.42 Å². The average molecular weight is 350 g/mol. The summed E-state index contributed by atoms with van der Waals surface area (Å²) in [5, 5.41) is 0. The highest BCUT2D eigenvalue weighted by Crippen LogP contribution is 2.67. The van der Waals surface area contributed by atoms with Crippen molar-refractivity contribution in [3.63, 3.8) is 0 Å². The minimum atomic E-state index is -3.41. The molecule has 0 aliphatic heterocycles. The van der Waals surface area contributed by atoms with Gasteiger partial charge in [0.2, 0.25) is 9.84 Å². The largest absolute Gasteiger partial charge is 0.219 e. The number of aryl methyl sites for hydroxylation is 1. The van der Waals surface area contributed by atoms with Crippen molar-refractivity contribution in [3.05, 3.63) is 70.6 Å². The number of hydrogen-bond acceptors (Lipinski definition) is 2. The maximum absolute atomic E-state index is 13.5. The summed E-state index contributed by atoms with van der Waals surface area (Å²) in [4.78, 5) is 1.17. The second-order valence-electron chi connectivity index (χ2n) is 7.85. The highest BCUT2D eigenvalue weighted by Gasteiger charge is 2.60. The summed E-state index contributed by atoms with van der Waals surface area (Å²) < 4.78 is 26.9. The van der Waals surface area contributed by atoms with Gasteiger partial charge in [-0.2, -0.15) is 0 Å². The topological polar surface area (TPSA) is 34.1 Å². The Morgan fingerprint density at radius 3 is 2.16 bits per heavy atom. The van der Waals surface area contributed by atoms with E-state index in [0.29, 0.717) is 22.6 Å². The van der Waals surface area contributed by atoms with Crippen LogP contribution in [0.2, 0.25) is 0 Å². The van der Waals surface area contributed by atoms with Gasteiger partial charge in [0, 0.05) is 5.92 Å². The quantitative estimate of drug-likeness (QED) is 0.792. The number of benzene rings is 2. The lowest BCUT2D eigenvalue weighted by molar-refractivity contribution is 0.291. The molecular formula is C22H22O2S. The standard InChI is InChI=1S/C22H22O2S/c1-14-7-11-18(12-8-14)25(23,24)22-20(15-5-3-2-4-6-15)19-16-9-10-17(13-16)21(19)22/h2-8,11-12,16-17,19,21H,9-10,13H2,1H3/t16-,17+,19-,21-/m1/s1. The first kappa shape index (κ1) is 15.4. The van der Waals surface area contributed by atoms with E-state index in [-0.39, 0.29) is 5.92 Å². The van der Waals surface area contributed by atoms with Crippen molar-refractivity contribution in [2.24, 2.45) is 23.7 Å². The van der Waals surface area contributed by atoms with Gasteiger partial charge in [0.05, 0.1) is 9.80 Å². The molecule has 2 nitrogen and oxygen atoms in total. The number of rotatable bonds is 3. The zero-order valence-electron chi connectivity index (χ0n) is 14.4. The molecule has 128 valence electrons. The molecule has 0 radical (unpaired) electrons. The highest BCUT2D eigenvalue weighted by molar-refractivity contribution is 7.95. The molecule has 2 aromatic rings. The van der Waals surface area contributed by atoms with Crippen LogP contribution in [0.15, 0.2) is 64.4 Å². The van der Waals surface area contributed by atoms with E-state index in [1.165, 1.54) is 19.3 Å². The SMILES string of the molecule is Cc1ccc(S(=O)(=O)C2=C(c3ccccc3)[C@H]3[C@@H]4CC[C@@H](C4)[C@@H]23)cc1. The van der Waals surface area contributed by atoms with Crippen molar-refractivity contribution in [3.8, 4) is 0 Å². The summed E-state index contributed by atoms with van der Waals surface area (Å²) in [6, 6.07) is 17.5. The molecule has 2 fully saturated rings. The van der Waals surface area contributed by atoms with Gasteiger partial charge in [-0.3, -0.25) is 0 Å². The lowest BCUT2D eigenvalue weighted by Gasteiger charge is -2.44. The minimum absolute atomic E-state index is 0.250. The van der Waals surface area contributed by atoms with Gasteiger partial charge in [-0.1, -0.05) is 48.0 Å². The zero-order valence-corrected chi connectivity index (χ0v) is 15.2. The first-order valence-corrected chi connectivity index (χ1v) is 10.7. The van der Waals surface area contributed by atoms with Crippen LogP contribution in [0, 0.1) is 30.6 Å². The Morgan fingerprint density at radius 1 is 0.840 bits per heavy atom. The van der Waals surface area contributed by atoms with Crippen molar-refractivity contribution in [1.82, 2.24) is 0 Å². The van der Waals surface area contributed by atoms with Crippen LogP contribution in [0.5, 0.6) is 0 Å². The van der Waals surface area contributed by atoms with Crippen molar-refractivity contribution in [2.45, 2.75) is 31.1 Å². The van der Waals surface area contributed by atoms with Gasteiger partial charge in [0.1, 0.15) is 0 Å². The van der Waals surface area contributed by atoms with E-state index in [0.717, 1.165) is 21.6 Å². The Labute approximate surface area is 149 Å². The highest BCUT2D eigenvalue weighted by atomic mass is 32.2. The molecule has 0 saturated heterocycles. The summed E-state index contributed by atoms with van der Waals surface area (Å²) >= 11 is 0. The van der Waals surface area contributed by atoms with Crippen LogP contribution in [0.4, 0.5) is 0 Å². The van der Waals surface area contributed by atoms with E-state index in [9.17, 15) is 8.42 Å². The van der Waals surface area contributed by atoms with Crippen LogP contribution in [-0.4, -0.2) is 8.42 Å². The predicted octanol–water partition coefficient (Wildman–Crippen LogP) is 4.86. The normalized spacial score (nSPS) is 30.3. The van der Waals surface area contributed by atoms with Crippen LogP contribution in [0.25, 0.3) is 5.57 Å². The van der Waals surface area contributed by atoms with Gasteiger partial charge in [-0.15, -0.1) is 0 Å². The minimum Gasteiger partial charge on any atom is -0.219 e. The predicted molar refractivity (Wildman–Crippen MR) is 99.5 cm³/mol. The molecule has 3 aliphatic rings. The van der Waals surface area contributed by atoms with E-state index < -0.39 is 9.84 Å². The van der Waals surface area contributed by atoms with E-state index >= 15 is 0 Å². The summed E-state index contributed by atoms with van der Waals surface area (Å²) in [5.41, 5.74) is 3.29. The van der Waals surface area contributed by atoms with E-state index in [4.69, 9.17) is 0 Å². The van der Waals surface area contributed by atoms with Gasteiger partial charge in [-0.05, 0) is 67.2 Å². The second kappa shape index (κ2) is 5.31. The monoisotopic (exact) mass is 350 g/mol. The Bertz CT molecular complexity index is 955. The molecule has 5 rings (SSSR count). The molecule has 3 heteroatoms. The lowest BCUT2D eigenvalue weighted by Crippen LogP contribution is -2.38. The van der Waals surface area contributed by atoms with Crippen LogP contribution in [0.3, 0.4) is 0 Å². The first-order valence-electron chi connectivity index (χ1n) is 9.18. The van der Waals surface area contributed by atoms with Crippen molar-refractivity contribution in [1.29, 1.82) is 0 Å². The molecular weight excluding hydrogens is 328 g/mol. The number of allylic oxidation sites excluding steroid dienone is 2. The fraction of sp³-hybridized carbons (Fsp3) is 0.364. The fourth-order valence-electron chi connectivity index (χ4n) is 5.45. The smallest absolute Gasteiger partial charge is 0.203 e. The van der Waals surface area contributed by atoms with Gasteiger partial charge in [0.15, 0.2) is 0 Å². The molecule has 0 heterocycles. The summed E-state index contributed by atoms with van der Waals surface area (Å²) in [6.07, 6.45) is 3.67. The molecule has 3 aliphatic carbocycles. The van der Waals surface area contributed by atoms with Crippen LogP contribution >= 0.6 is 0 Å². The molecule has 2 aromatic carbocycles. The Balaban J connectivity index is 1.69. The summed E-state index contributed by atoms with van der Waals surface area (Å²) in [6.45, 7) is 1.99. The Morgan fingerprint density at radius 2 is 1.48 bits per heavy atom. The third kappa shape index (κ3) is 2.11. The zero-order chi connectivity index (χ0) is 17.2. The third-order valence-corrected chi connectivity index (χ3v) is 8.49. The Hall–Kier alpha value is -1.87. The molecule has 2 bridgehead atoms. The van der Waals surface area contributed by atoms with E-state index in [1.807, 2.05) is 37.3 Å². The van der Waals surface area contributed by atoms with E-state index in [1.54, 1.807) is 12.1 Å². The molecule has 0 unspecified atom stereocenters. The average Bonchev–Trinajstić information content (AvgIpc) is 3.14. The molecule has 0 aromatic heterocycles. The van der Waals surface area contributed by atoms with E-state index in [2.05, 4.69) is 12.1 Å². The summed E-state index contributed by atoms with van der Waals surface area (Å²) in [7, 11) is -3.41. The van der Waals surface area contributed by atoms with Gasteiger partial charge >= 0.3 is 0 Å². The molecule has 4 atom stereocenters. The van der Waals surface area contributed by atoms with Gasteiger partial charge in [0.25, 0.3) is 0 Å². The first-order chi connectivity index (χ1) is 12.1. The van der Waals surface area contributed by atoms with Crippen molar-refractivity contribution in [2.75, 3.05) is 0 Å². The molecule has 0 amide bonds.